The maximum atomic E-state index is 6.33. The van der Waals surface area contributed by atoms with Crippen molar-refractivity contribution in [3.8, 4) is 0 Å². The molecule has 0 aliphatic carbocycles. The zero-order valence-corrected chi connectivity index (χ0v) is 11.4. The summed E-state index contributed by atoms with van der Waals surface area (Å²) < 4.78 is 4.00. The molecule has 2 aromatic heterocycles. The first-order valence-electron chi connectivity index (χ1n) is 6.21. The number of benzene rings is 1. The van der Waals surface area contributed by atoms with Gasteiger partial charge in [-0.3, -0.25) is 4.98 Å². The fourth-order valence-electron chi connectivity index (χ4n) is 2.13. The third kappa shape index (κ3) is 2.22. The molecule has 0 radical (unpaired) electrons. The molecule has 0 spiro atoms. The summed E-state index contributed by atoms with van der Waals surface area (Å²) in [5.41, 5.74) is 9.33. The standard InChI is InChI=1S/C14H14N4S/c1-2-11-14(19-18-17-11)13(15)10-6-5-9-4-3-7-16-12(9)8-10/h3-8,13H,2,15H2,1H3. The Morgan fingerprint density at radius 3 is 3.05 bits per heavy atom. The third-order valence-electron chi connectivity index (χ3n) is 3.19. The monoisotopic (exact) mass is 270 g/mol. The Hall–Kier alpha value is -1.85. The van der Waals surface area contributed by atoms with Gasteiger partial charge >= 0.3 is 0 Å². The molecule has 3 aromatic rings. The lowest BCUT2D eigenvalue weighted by Crippen LogP contribution is -2.12. The van der Waals surface area contributed by atoms with Gasteiger partial charge in [-0.1, -0.05) is 29.6 Å². The van der Waals surface area contributed by atoms with Crippen LogP contribution in [0.4, 0.5) is 0 Å². The van der Waals surface area contributed by atoms with Crippen molar-refractivity contribution in [3.63, 3.8) is 0 Å². The van der Waals surface area contributed by atoms with Crippen molar-refractivity contribution in [1.82, 2.24) is 14.6 Å². The molecule has 0 amide bonds. The Morgan fingerprint density at radius 1 is 1.32 bits per heavy atom. The van der Waals surface area contributed by atoms with E-state index in [2.05, 4.69) is 27.6 Å². The Morgan fingerprint density at radius 2 is 2.21 bits per heavy atom. The number of aryl methyl sites for hydroxylation is 1. The fourth-order valence-corrected chi connectivity index (χ4v) is 2.89. The van der Waals surface area contributed by atoms with Crippen molar-refractivity contribution in [1.29, 1.82) is 0 Å². The van der Waals surface area contributed by atoms with Crippen LogP contribution in [-0.4, -0.2) is 14.6 Å². The number of fused-ring (bicyclic) bond motifs is 1. The van der Waals surface area contributed by atoms with Gasteiger partial charge in [-0.2, -0.15) is 0 Å². The van der Waals surface area contributed by atoms with Crippen molar-refractivity contribution < 1.29 is 0 Å². The van der Waals surface area contributed by atoms with Gasteiger partial charge in [0.1, 0.15) is 0 Å². The van der Waals surface area contributed by atoms with Crippen molar-refractivity contribution >= 4 is 22.4 Å². The number of rotatable bonds is 3. The smallest absolute Gasteiger partial charge is 0.0804 e. The van der Waals surface area contributed by atoms with Crippen molar-refractivity contribution in [2.24, 2.45) is 5.73 Å². The van der Waals surface area contributed by atoms with E-state index >= 15 is 0 Å². The van der Waals surface area contributed by atoms with Crippen molar-refractivity contribution in [2.75, 3.05) is 0 Å². The number of hydrogen-bond donors (Lipinski definition) is 1. The summed E-state index contributed by atoms with van der Waals surface area (Å²) in [5, 5.41) is 5.24. The first-order valence-corrected chi connectivity index (χ1v) is 6.98. The minimum atomic E-state index is -0.179. The molecule has 2 N–H and O–H groups in total. The van der Waals surface area contributed by atoms with Crippen LogP contribution in [0.25, 0.3) is 10.9 Å². The van der Waals surface area contributed by atoms with Crippen LogP contribution < -0.4 is 5.73 Å². The van der Waals surface area contributed by atoms with E-state index in [9.17, 15) is 0 Å². The average Bonchev–Trinajstić information content (AvgIpc) is 2.94. The van der Waals surface area contributed by atoms with Gasteiger partial charge in [0.15, 0.2) is 0 Å². The van der Waals surface area contributed by atoms with Crippen molar-refractivity contribution in [3.05, 3.63) is 52.7 Å². The molecule has 0 saturated carbocycles. The highest BCUT2D eigenvalue weighted by Gasteiger charge is 2.16. The Labute approximate surface area is 115 Å². The van der Waals surface area contributed by atoms with Crippen LogP contribution in [0.15, 0.2) is 36.5 Å². The summed E-state index contributed by atoms with van der Waals surface area (Å²) in [7, 11) is 0. The van der Waals surface area contributed by atoms with Crippen LogP contribution in [0.2, 0.25) is 0 Å². The first-order chi connectivity index (χ1) is 9.29. The van der Waals surface area contributed by atoms with Crippen LogP contribution in [0, 0.1) is 0 Å². The predicted octanol–water partition coefficient (Wildman–Crippen LogP) is 2.70. The molecule has 3 rings (SSSR count). The van der Waals surface area contributed by atoms with Crippen LogP contribution in [0.1, 0.15) is 29.1 Å². The van der Waals surface area contributed by atoms with E-state index in [-0.39, 0.29) is 6.04 Å². The van der Waals surface area contributed by atoms with E-state index in [0.29, 0.717) is 0 Å². The van der Waals surface area contributed by atoms with E-state index < -0.39 is 0 Å². The zero-order valence-electron chi connectivity index (χ0n) is 10.6. The molecule has 1 aromatic carbocycles. The molecule has 1 unspecified atom stereocenters. The molecule has 1 atom stereocenters. The number of aromatic nitrogens is 3. The topological polar surface area (TPSA) is 64.7 Å². The first kappa shape index (κ1) is 12.2. The van der Waals surface area contributed by atoms with Crippen LogP contribution in [-0.2, 0) is 6.42 Å². The second kappa shape index (κ2) is 5.03. The van der Waals surface area contributed by atoms with E-state index in [1.807, 2.05) is 24.3 Å². The summed E-state index contributed by atoms with van der Waals surface area (Å²) in [6.45, 7) is 2.06. The van der Waals surface area contributed by atoms with Crippen molar-refractivity contribution in [2.45, 2.75) is 19.4 Å². The maximum Gasteiger partial charge on any atom is 0.0804 e. The summed E-state index contributed by atoms with van der Waals surface area (Å²) in [5.74, 6) is 0. The fraction of sp³-hybridized carbons (Fsp3) is 0.214. The SMILES string of the molecule is CCc1nnsc1C(N)c1ccc2cccnc2c1. The minimum Gasteiger partial charge on any atom is -0.319 e. The number of hydrogen-bond acceptors (Lipinski definition) is 5. The number of nitrogens with two attached hydrogens (primary N) is 1. The minimum absolute atomic E-state index is 0.179. The van der Waals surface area contributed by atoms with E-state index in [1.54, 1.807) is 6.20 Å². The second-order valence-corrected chi connectivity index (χ2v) is 5.16. The highest BCUT2D eigenvalue weighted by Crippen LogP contribution is 2.27. The molecule has 5 heteroatoms. The van der Waals surface area contributed by atoms with Gasteiger partial charge in [-0.05, 0) is 35.6 Å². The third-order valence-corrected chi connectivity index (χ3v) is 4.04. The lowest BCUT2D eigenvalue weighted by molar-refractivity contribution is 0.855. The molecule has 19 heavy (non-hydrogen) atoms. The molecular weight excluding hydrogens is 256 g/mol. The summed E-state index contributed by atoms with van der Waals surface area (Å²) in [6, 6.07) is 9.94. The number of pyridine rings is 1. The molecule has 0 saturated heterocycles. The van der Waals surface area contributed by atoms with Gasteiger partial charge in [-0.25, -0.2) is 0 Å². The quantitative estimate of drug-likeness (QED) is 0.794. The molecule has 0 bridgehead atoms. The molecular formula is C14H14N4S. The Kier molecular flexibility index (Phi) is 3.23. The predicted molar refractivity (Wildman–Crippen MR) is 77.1 cm³/mol. The summed E-state index contributed by atoms with van der Waals surface area (Å²) >= 11 is 1.38. The molecule has 2 heterocycles. The van der Waals surface area contributed by atoms with Gasteiger partial charge in [0, 0.05) is 11.6 Å². The average molecular weight is 270 g/mol. The number of nitrogens with zero attached hydrogens (tertiary/aromatic N) is 3. The lowest BCUT2D eigenvalue weighted by atomic mass is 10.0. The van der Waals surface area contributed by atoms with Gasteiger partial charge in [0.25, 0.3) is 0 Å². The van der Waals surface area contributed by atoms with E-state index in [4.69, 9.17) is 5.73 Å². The van der Waals surface area contributed by atoms with Gasteiger partial charge < -0.3 is 5.73 Å². The molecule has 4 nitrogen and oxygen atoms in total. The zero-order chi connectivity index (χ0) is 13.2. The second-order valence-electron chi connectivity index (χ2n) is 4.37. The van der Waals surface area contributed by atoms with Crippen LogP contribution >= 0.6 is 11.5 Å². The molecule has 0 aliphatic rings. The van der Waals surface area contributed by atoms with Gasteiger partial charge in [0.2, 0.25) is 0 Å². The molecule has 96 valence electrons. The normalized spacial score (nSPS) is 12.7. The van der Waals surface area contributed by atoms with E-state index in [0.717, 1.165) is 33.5 Å². The largest absolute Gasteiger partial charge is 0.319 e. The Bertz CT molecular complexity index is 707. The highest BCUT2D eigenvalue weighted by atomic mass is 32.1. The lowest BCUT2D eigenvalue weighted by Gasteiger charge is -2.11. The van der Waals surface area contributed by atoms with Crippen LogP contribution in [0.5, 0.6) is 0 Å². The maximum absolute atomic E-state index is 6.33. The summed E-state index contributed by atoms with van der Waals surface area (Å²) in [6.07, 6.45) is 2.65. The van der Waals surface area contributed by atoms with Crippen LogP contribution in [0.3, 0.4) is 0 Å². The summed E-state index contributed by atoms with van der Waals surface area (Å²) in [4.78, 5) is 5.40. The molecule has 0 fully saturated rings. The van der Waals surface area contributed by atoms with Gasteiger partial charge in [0.05, 0.1) is 22.1 Å². The molecule has 0 aliphatic heterocycles. The highest BCUT2D eigenvalue weighted by molar-refractivity contribution is 7.05. The Balaban J connectivity index is 2.04. The van der Waals surface area contributed by atoms with E-state index in [1.165, 1.54) is 11.5 Å². The van der Waals surface area contributed by atoms with Gasteiger partial charge in [-0.15, -0.1) is 5.10 Å².